The van der Waals surface area contributed by atoms with Gasteiger partial charge in [-0.2, -0.15) is 0 Å². The Morgan fingerprint density at radius 2 is 1.76 bits per heavy atom. The van der Waals surface area contributed by atoms with Crippen LogP contribution in [0.25, 0.3) is 0 Å². The van der Waals surface area contributed by atoms with Crippen LogP contribution in [0.3, 0.4) is 0 Å². The molecule has 0 spiro atoms. The summed E-state index contributed by atoms with van der Waals surface area (Å²) in [5, 5.41) is 2.73. The van der Waals surface area contributed by atoms with E-state index in [9.17, 15) is 14.4 Å². The van der Waals surface area contributed by atoms with Gasteiger partial charge in [0.1, 0.15) is 12.3 Å². The number of ether oxygens (including phenoxy) is 1. The Balaban J connectivity index is 2.15. The molecule has 1 N–H and O–H groups in total. The van der Waals surface area contributed by atoms with E-state index >= 15 is 0 Å². The molecule has 2 amide bonds. The first-order valence-corrected chi connectivity index (χ1v) is 7.73. The summed E-state index contributed by atoms with van der Waals surface area (Å²) in [6.07, 6.45) is 0. The average Bonchev–Trinajstić information content (AvgIpc) is 2.59. The van der Waals surface area contributed by atoms with E-state index in [2.05, 4.69) is 5.32 Å². The van der Waals surface area contributed by atoms with Crippen LogP contribution in [0.5, 0.6) is 5.75 Å². The van der Waals surface area contributed by atoms with Gasteiger partial charge in [0.25, 0.3) is 0 Å². The van der Waals surface area contributed by atoms with Crippen molar-refractivity contribution in [1.29, 1.82) is 0 Å². The molecule has 25 heavy (non-hydrogen) atoms. The number of Topliss-reactive ketones (excluding diaryl/α,β-unsaturated/α-hetero) is 1. The van der Waals surface area contributed by atoms with E-state index in [1.807, 2.05) is 0 Å². The van der Waals surface area contributed by atoms with Crippen molar-refractivity contribution in [2.24, 2.45) is 0 Å². The molecule has 2 aromatic carbocycles. The Hall–Kier alpha value is -3.15. The van der Waals surface area contributed by atoms with Crippen LogP contribution in [0.4, 0.5) is 11.4 Å². The summed E-state index contributed by atoms with van der Waals surface area (Å²) in [4.78, 5) is 37.1. The normalized spacial score (nSPS) is 10.0. The maximum atomic E-state index is 12.3. The van der Waals surface area contributed by atoms with Crippen LogP contribution in [0.15, 0.2) is 48.5 Å². The first-order chi connectivity index (χ1) is 11.9. The van der Waals surface area contributed by atoms with Crippen LogP contribution in [0.1, 0.15) is 24.2 Å². The third-order valence-corrected chi connectivity index (χ3v) is 3.60. The van der Waals surface area contributed by atoms with Gasteiger partial charge in [0.05, 0.1) is 7.11 Å². The zero-order valence-corrected chi connectivity index (χ0v) is 14.4. The molecule has 0 unspecified atom stereocenters. The van der Waals surface area contributed by atoms with Crippen molar-refractivity contribution in [2.75, 3.05) is 23.9 Å². The summed E-state index contributed by atoms with van der Waals surface area (Å²) >= 11 is 0. The predicted molar refractivity (Wildman–Crippen MR) is 96.1 cm³/mol. The molecule has 6 heteroatoms. The van der Waals surface area contributed by atoms with Crippen molar-refractivity contribution in [3.63, 3.8) is 0 Å². The number of anilines is 2. The number of nitrogens with one attached hydrogen (secondary N) is 1. The second-order valence-electron chi connectivity index (χ2n) is 5.49. The minimum Gasteiger partial charge on any atom is -0.497 e. The zero-order chi connectivity index (χ0) is 18.4. The Labute approximate surface area is 146 Å². The number of methoxy groups -OCH3 is 1. The molecule has 0 heterocycles. The molecule has 6 nitrogen and oxygen atoms in total. The maximum absolute atomic E-state index is 12.3. The molecule has 2 rings (SSSR count). The number of benzene rings is 2. The van der Waals surface area contributed by atoms with Crippen LogP contribution < -0.4 is 15.0 Å². The second kappa shape index (κ2) is 8.10. The number of carbonyl (C=O) groups excluding carboxylic acids is 3. The highest BCUT2D eigenvalue weighted by molar-refractivity contribution is 6.03. The van der Waals surface area contributed by atoms with Gasteiger partial charge in [-0.15, -0.1) is 0 Å². The highest BCUT2D eigenvalue weighted by Crippen LogP contribution is 2.19. The number of carbonyl (C=O) groups is 3. The van der Waals surface area contributed by atoms with E-state index in [4.69, 9.17) is 4.74 Å². The van der Waals surface area contributed by atoms with E-state index in [1.165, 1.54) is 18.7 Å². The lowest BCUT2D eigenvalue weighted by Gasteiger charge is -2.21. The van der Waals surface area contributed by atoms with E-state index in [-0.39, 0.29) is 24.1 Å². The molecule has 0 bridgehead atoms. The first kappa shape index (κ1) is 18.2. The maximum Gasteiger partial charge on any atom is 0.244 e. The summed E-state index contributed by atoms with van der Waals surface area (Å²) in [6, 6.07) is 13.6. The summed E-state index contributed by atoms with van der Waals surface area (Å²) in [6.45, 7) is 2.67. The molecule has 0 radical (unpaired) electrons. The molecular formula is C19H20N2O4. The molecule has 0 aliphatic rings. The van der Waals surface area contributed by atoms with Crippen LogP contribution in [0.2, 0.25) is 0 Å². The highest BCUT2D eigenvalue weighted by atomic mass is 16.5. The number of amides is 2. The van der Waals surface area contributed by atoms with Crippen LogP contribution >= 0.6 is 0 Å². The molecule has 0 saturated heterocycles. The fourth-order valence-corrected chi connectivity index (χ4v) is 2.32. The summed E-state index contributed by atoms with van der Waals surface area (Å²) < 4.78 is 5.11. The molecular weight excluding hydrogens is 320 g/mol. The molecule has 2 aromatic rings. The van der Waals surface area contributed by atoms with E-state index in [0.717, 1.165) is 0 Å². The third-order valence-electron chi connectivity index (χ3n) is 3.60. The Morgan fingerprint density at radius 1 is 1.04 bits per heavy atom. The number of hydrogen-bond acceptors (Lipinski definition) is 4. The summed E-state index contributed by atoms with van der Waals surface area (Å²) in [7, 11) is 1.54. The van der Waals surface area contributed by atoms with E-state index in [1.54, 1.807) is 55.6 Å². The summed E-state index contributed by atoms with van der Waals surface area (Å²) in [5.74, 6) is -0.125. The minimum absolute atomic E-state index is 0.105. The fourth-order valence-electron chi connectivity index (χ4n) is 2.32. The Bertz CT molecular complexity index is 802. The summed E-state index contributed by atoms with van der Waals surface area (Å²) in [5.41, 5.74) is 1.56. The molecule has 0 aliphatic carbocycles. The van der Waals surface area contributed by atoms with Crippen LogP contribution in [-0.4, -0.2) is 31.3 Å². The minimum atomic E-state index is -0.350. The molecule has 0 fully saturated rings. The first-order valence-electron chi connectivity index (χ1n) is 7.73. The topological polar surface area (TPSA) is 75.7 Å². The SMILES string of the molecule is COc1cccc(NC(=O)CN(C(C)=O)c2cccc(C(C)=O)c2)c1. The number of hydrogen-bond donors (Lipinski definition) is 1. The Kier molecular flexibility index (Phi) is 5.89. The third kappa shape index (κ3) is 4.91. The molecule has 0 atom stereocenters. The van der Waals surface area contributed by atoms with Gasteiger partial charge in [-0.1, -0.05) is 18.2 Å². The number of rotatable bonds is 6. The van der Waals surface area contributed by atoms with Gasteiger partial charge in [0.15, 0.2) is 5.78 Å². The predicted octanol–water partition coefficient (Wildman–Crippen LogP) is 2.89. The molecule has 0 aromatic heterocycles. The standard InChI is InChI=1S/C19H20N2O4/c1-13(22)15-6-4-8-17(10-15)21(14(2)23)12-19(24)20-16-7-5-9-18(11-16)25-3/h4-11H,12H2,1-3H3,(H,20,24). The molecule has 130 valence electrons. The fraction of sp³-hybridized carbons (Fsp3) is 0.211. The largest absolute Gasteiger partial charge is 0.497 e. The molecule has 0 saturated carbocycles. The quantitative estimate of drug-likeness (QED) is 0.821. The van der Waals surface area contributed by atoms with Crippen molar-refractivity contribution < 1.29 is 19.1 Å². The lowest BCUT2D eigenvalue weighted by atomic mass is 10.1. The highest BCUT2D eigenvalue weighted by Gasteiger charge is 2.17. The van der Waals surface area contributed by atoms with Gasteiger partial charge in [-0.25, -0.2) is 0 Å². The van der Waals surface area contributed by atoms with Gasteiger partial charge >= 0.3 is 0 Å². The monoisotopic (exact) mass is 340 g/mol. The van der Waals surface area contributed by atoms with Gasteiger partial charge in [-0.05, 0) is 31.2 Å². The van der Waals surface area contributed by atoms with Gasteiger partial charge in [0.2, 0.25) is 11.8 Å². The van der Waals surface area contributed by atoms with Gasteiger partial charge in [0, 0.05) is 29.9 Å². The van der Waals surface area contributed by atoms with E-state index < -0.39 is 0 Å². The van der Waals surface area contributed by atoms with Crippen molar-refractivity contribution in [2.45, 2.75) is 13.8 Å². The average molecular weight is 340 g/mol. The lowest BCUT2D eigenvalue weighted by Crippen LogP contribution is -2.36. The zero-order valence-electron chi connectivity index (χ0n) is 14.4. The Morgan fingerprint density at radius 3 is 2.40 bits per heavy atom. The van der Waals surface area contributed by atoms with Gasteiger partial charge < -0.3 is 15.0 Å². The van der Waals surface area contributed by atoms with Crippen molar-refractivity contribution in [3.8, 4) is 5.75 Å². The smallest absolute Gasteiger partial charge is 0.244 e. The van der Waals surface area contributed by atoms with Crippen LogP contribution in [0, 0.1) is 0 Å². The van der Waals surface area contributed by atoms with Crippen molar-refractivity contribution in [3.05, 3.63) is 54.1 Å². The lowest BCUT2D eigenvalue weighted by molar-refractivity contribution is -0.120. The van der Waals surface area contributed by atoms with E-state index in [0.29, 0.717) is 22.7 Å². The second-order valence-corrected chi connectivity index (χ2v) is 5.49. The number of nitrogens with zero attached hydrogens (tertiary/aromatic N) is 1. The van der Waals surface area contributed by atoms with Crippen molar-refractivity contribution in [1.82, 2.24) is 0 Å². The van der Waals surface area contributed by atoms with Crippen molar-refractivity contribution >= 4 is 29.0 Å². The number of ketones is 1. The van der Waals surface area contributed by atoms with Crippen LogP contribution in [-0.2, 0) is 9.59 Å². The van der Waals surface area contributed by atoms with Gasteiger partial charge in [-0.3, -0.25) is 14.4 Å². The molecule has 0 aliphatic heterocycles.